The maximum absolute atomic E-state index is 5.81. The van der Waals surface area contributed by atoms with Gasteiger partial charge in [0, 0.05) is 16.5 Å². The molecule has 0 radical (unpaired) electrons. The van der Waals surface area contributed by atoms with Gasteiger partial charge in [0.15, 0.2) is 17.3 Å². The summed E-state index contributed by atoms with van der Waals surface area (Å²) in [7, 11) is 0. The predicted octanol–water partition coefficient (Wildman–Crippen LogP) is 4.11. The molecule has 2 aliphatic heterocycles. The minimum absolute atomic E-state index is 0.108. The van der Waals surface area contributed by atoms with Crippen LogP contribution < -0.4 is 19.6 Å². The number of aromatic nitrogens is 3. The molecule has 0 amide bonds. The largest absolute Gasteiger partial charge is 0.491 e. The van der Waals surface area contributed by atoms with Crippen molar-refractivity contribution in [1.82, 2.24) is 14.9 Å². The Balaban J connectivity index is 1.46. The molecule has 2 aromatic carbocycles. The molecule has 8 heteroatoms. The van der Waals surface area contributed by atoms with Gasteiger partial charge in [0.25, 0.3) is 0 Å². The number of nitrogens with zero attached hydrogens (tertiary/aromatic N) is 3. The van der Waals surface area contributed by atoms with Crippen LogP contribution in [0.1, 0.15) is 19.4 Å². The van der Waals surface area contributed by atoms with Crippen molar-refractivity contribution in [2.24, 2.45) is 0 Å². The van der Waals surface area contributed by atoms with Crippen LogP contribution in [0.3, 0.4) is 0 Å². The van der Waals surface area contributed by atoms with E-state index in [9.17, 15) is 0 Å². The van der Waals surface area contributed by atoms with Crippen molar-refractivity contribution in [3.63, 3.8) is 0 Å². The molecule has 0 spiro atoms. The molecular formula is C20H18N4O3S. The van der Waals surface area contributed by atoms with Crippen molar-refractivity contribution in [1.29, 1.82) is 0 Å². The van der Waals surface area contributed by atoms with Crippen molar-refractivity contribution in [2.45, 2.75) is 25.1 Å². The van der Waals surface area contributed by atoms with Gasteiger partial charge in [-0.3, -0.25) is 5.43 Å². The first kappa shape index (κ1) is 17.0. The summed E-state index contributed by atoms with van der Waals surface area (Å²) in [5, 5.41) is 11.5. The van der Waals surface area contributed by atoms with Gasteiger partial charge >= 0.3 is 0 Å². The topological polar surface area (TPSA) is 70.4 Å². The van der Waals surface area contributed by atoms with Gasteiger partial charge in [-0.15, -0.1) is 10.2 Å². The molecule has 1 N–H and O–H groups in total. The summed E-state index contributed by atoms with van der Waals surface area (Å²) in [5.41, 5.74) is 6.27. The summed E-state index contributed by atoms with van der Waals surface area (Å²) in [6.45, 7) is 4.27. The van der Waals surface area contributed by atoms with Crippen LogP contribution in [-0.2, 0) is 0 Å². The van der Waals surface area contributed by atoms with E-state index in [2.05, 4.69) is 15.6 Å². The summed E-state index contributed by atoms with van der Waals surface area (Å²) >= 11 is 1.52. The number of hydrogen-bond donors (Lipinski definition) is 1. The third kappa shape index (κ3) is 3.05. The minimum Gasteiger partial charge on any atom is -0.491 e. The van der Waals surface area contributed by atoms with Crippen LogP contribution in [0.5, 0.6) is 17.2 Å². The third-order valence-corrected chi connectivity index (χ3v) is 5.12. The van der Waals surface area contributed by atoms with Gasteiger partial charge in [-0.1, -0.05) is 23.9 Å². The smallest absolute Gasteiger partial charge is 0.231 e. The molecule has 0 saturated heterocycles. The Labute approximate surface area is 166 Å². The second-order valence-electron chi connectivity index (χ2n) is 6.67. The highest BCUT2D eigenvalue weighted by molar-refractivity contribution is 8.02. The van der Waals surface area contributed by atoms with Crippen LogP contribution in [0.2, 0.25) is 0 Å². The second kappa shape index (κ2) is 6.79. The van der Waals surface area contributed by atoms with Gasteiger partial charge in [-0.05, 0) is 44.2 Å². The quantitative estimate of drug-likeness (QED) is 0.714. The summed E-state index contributed by atoms with van der Waals surface area (Å²) in [6.07, 6.45) is 0.108. The fourth-order valence-electron chi connectivity index (χ4n) is 3.07. The first-order chi connectivity index (χ1) is 13.7. The van der Waals surface area contributed by atoms with Crippen LogP contribution in [0.15, 0.2) is 53.0 Å². The lowest BCUT2D eigenvalue weighted by atomic mass is 10.1. The molecule has 0 fully saturated rings. The van der Waals surface area contributed by atoms with Crippen LogP contribution >= 0.6 is 11.8 Å². The summed E-state index contributed by atoms with van der Waals surface area (Å²) in [5.74, 6) is 3.04. The summed E-state index contributed by atoms with van der Waals surface area (Å²) < 4.78 is 18.6. The third-order valence-electron chi connectivity index (χ3n) is 4.30. The lowest BCUT2D eigenvalue weighted by Crippen LogP contribution is -2.18. The van der Waals surface area contributed by atoms with Crippen LogP contribution in [0, 0.1) is 0 Å². The summed E-state index contributed by atoms with van der Waals surface area (Å²) in [4.78, 5) is 0. The fraction of sp³-hybridized carbons (Fsp3) is 0.200. The standard InChI is InChI=1S/C20H18N4O3S/c1-12(2)27-15-5-3-4-14(8-15)19-21-22-20-24(19)23-16(10-28-20)13-6-7-17-18(9-13)26-11-25-17/h3-10,12,23H,11H2,1-2H3. The van der Waals surface area contributed by atoms with E-state index in [4.69, 9.17) is 14.2 Å². The maximum atomic E-state index is 5.81. The molecule has 5 rings (SSSR count). The molecule has 0 saturated carbocycles. The number of thioether (sulfide) groups is 1. The molecule has 0 unspecified atom stereocenters. The van der Waals surface area contributed by atoms with E-state index in [1.54, 1.807) is 0 Å². The van der Waals surface area contributed by atoms with E-state index >= 15 is 0 Å². The van der Waals surface area contributed by atoms with Crippen LogP contribution in [0.4, 0.5) is 0 Å². The van der Waals surface area contributed by atoms with Crippen molar-refractivity contribution in [3.8, 4) is 28.6 Å². The monoisotopic (exact) mass is 394 g/mol. The van der Waals surface area contributed by atoms with Crippen molar-refractivity contribution >= 4 is 17.5 Å². The highest BCUT2D eigenvalue weighted by atomic mass is 32.2. The molecule has 1 aromatic heterocycles. The normalized spacial score (nSPS) is 14.5. The average molecular weight is 394 g/mol. The highest BCUT2D eigenvalue weighted by Crippen LogP contribution is 2.37. The number of ether oxygens (including phenoxy) is 3. The lowest BCUT2D eigenvalue weighted by Gasteiger charge is -2.19. The Hall–Kier alpha value is -3.13. The Morgan fingerprint density at radius 3 is 2.86 bits per heavy atom. The highest BCUT2D eigenvalue weighted by Gasteiger charge is 2.21. The zero-order chi connectivity index (χ0) is 19.1. The van der Waals surface area contributed by atoms with Gasteiger partial charge < -0.3 is 14.2 Å². The van der Waals surface area contributed by atoms with E-state index in [-0.39, 0.29) is 12.9 Å². The SMILES string of the molecule is CC(C)Oc1cccc(-c2nnc3n2NC(c2ccc4c(c2)OCO4)=CS3)c1. The molecule has 0 bridgehead atoms. The molecule has 3 aromatic rings. The van der Waals surface area contributed by atoms with Crippen LogP contribution in [0.25, 0.3) is 17.1 Å². The van der Waals surface area contributed by atoms with Crippen molar-refractivity contribution < 1.29 is 14.2 Å². The molecule has 28 heavy (non-hydrogen) atoms. The molecule has 2 aliphatic rings. The average Bonchev–Trinajstić information content (AvgIpc) is 3.33. The van der Waals surface area contributed by atoms with Gasteiger partial charge in [-0.25, -0.2) is 4.68 Å². The molecule has 0 atom stereocenters. The number of rotatable bonds is 4. The van der Waals surface area contributed by atoms with Crippen molar-refractivity contribution in [3.05, 3.63) is 53.4 Å². The van der Waals surface area contributed by atoms with Gasteiger partial charge in [-0.2, -0.15) is 0 Å². The molecule has 0 aliphatic carbocycles. The van der Waals surface area contributed by atoms with E-state index < -0.39 is 0 Å². The number of fused-ring (bicyclic) bond motifs is 2. The first-order valence-electron chi connectivity index (χ1n) is 8.94. The molecule has 7 nitrogen and oxygen atoms in total. The fourth-order valence-corrected chi connectivity index (χ4v) is 3.81. The van der Waals surface area contributed by atoms with Gasteiger partial charge in [0.05, 0.1) is 11.8 Å². The first-order valence-corrected chi connectivity index (χ1v) is 9.82. The zero-order valence-corrected chi connectivity index (χ0v) is 16.2. The van der Waals surface area contributed by atoms with Crippen LogP contribution in [-0.4, -0.2) is 27.8 Å². The Morgan fingerprint density at radius 2 is 1.96 bits per heavy atom. The maximum Gasteiger partial charge on any atom is 0.231 e. The predicted molar refractivity (Wildman–Crippen MR) is 107 cm³/mol. The number of nitrogens with one attached hydrogen (secondary N) is 1. The zero-order valence-electron chi connectivity index (χ0n) is 15.4. The lowest BCUT2D eigenvalue weighted by molar-refractivity contribution is 0.174. The number of hydrogen-bond acceptors (Lipinski definition) is 7. The number of benzene rings is 2. The molecule has 142 valence electrons. The molecular weight excluding hydrogens is 376 g/mol. The Morgan fingerprint density at radius 1 is 1.07 bits per heavy atom. The van der Waals surface area contributed by atoms with Crippen molar-refractivity contribution in [2.75, 3.05) is 12.2 Å². The van der Waals surface area contributed by atoms with Gasteiger partial charge in [0.2, 0.25) is 11.9 Å². The van der Waals surface area contributed by atoms with E-state index in [0.29, 0.717) is 0 Å². The summed E-state index contributed by atoms with van der Waals surface area (Å²) in [6, 6.07) is 13.8. The van der Waals surface area contributed by atoms with E-state index in [1.807, 2.05) is 66.4 Å². The Bertz CT molecular complexity index is 1080. The minimum atomic E-state index is 0.108. The Kier molecular flexibility index (Phi) is 4.12. The van der Waals surface area contributed by atoms with Gasteiger partial charge in [0.1, 0.15) is 5.75 Å². The second-order valence-corrected chi connectivity index (χ2v) is 7.50. The molecule has 3 heterocycles. The van der Waals surface area contributed by atoms with E-state index in [0.717, 1.165) is 45.1 Å². The van der Waals surface area contributed by atoms with E-state index in [1.165, 1.54) is 11.8 Å².